The highest BCUT2D eigenvalue weighted by atomic mass is 35.5. The summed E-state index contributed by atoms with van der Waals surface area (Å²) in [5.41, 5.74) is 6.91. The highest BCUT2D eigenvalue weighted by molar-refractivity contribution is 6.36. The number of aliphatic hydroxyl groups is 1. The van der Waals surface area contributed by atoms with Gasteiger partial charge in [-0.05, 0) is 92.7 Å². The van der Waals surface area contributed by atoms with Gasteiger partial charge < -0.3 is 35.5 Å². The summed E-state index contributed by atoms with van der Waals surface area (Å²) in [5, 5.41) is 44.1. The van der Waals surface area contributed by atoms with Crippen molar-refractivity contribution < 1.29 is 19.7 Å². The molecule has 282 valence electrons. The third-order valence-corrected chi connectivity index (χ3v) is 11.5. The maximum atomic E-state index is 11.5. The molecule has 0 amide bonds. The minimum Gasteiger partial charge on any atom is -0.489 e. The van der Waals surface area contributed by atoms with E-state index in [0.717, 1.165) is 61.5 Å². The summed E-state index contributed by atoms with van der Waals surface area (Å²) in [4.78, 5) is 20.5. The molecule has 1 aromatic heterocycles. The van der Waals surface area contributed by atoms with E-state index in [1.54, 1.807) is 24.4 Å². The molecule has 0 bridgehead atoms. The molecule has 2 fully saturated rings. The number of hydrogen-bond donors (Lipinski definition) is 5. The van der Waals surface area contributed by atoms with Crippen LogP contribution in [0.4, 0.5) is 11.4 Å². The SMILES string of the molecule is CN1CCC2(CC1)CCN(c1cccc(-c3cccc(NCc4cc(OCc5cncc(C#N)c5)c(CN[C@@H](CO)C(=O)O)cc4Cl)c3C=N)c1Cl)CC2. The van der Waals surface area contributed by atoms with E-state index in [1.807, 2.05) is 30.3 Å². The van der Waals surface area contributed by atoms with E-state index in [2.05, 4.69) is 44.6 Å². The fraction of sp³-hybridized carbons (Fsp3) is 0.366. The van der Waals surface area contributed by atoms with Gasteiger partial charge in [0.1, 0.15) is 24.5 Å². The zero-order chi connectivity index (χ0) is 38.2. The molecule has 4 aromatic rings. The lowest BCUT2D eigenvalue weighted by Crippen LogP contribution is -2.46. The Morgan fingerprint density at radius 2 is 1.76 bits per heavy atom. The lowest BCUT2D eigenvalue weighted by molar-refractivity contribution is -0.140. The first kappa shape index (κ1) is 39.0. The highest BCUT2D eigenvalue weighted by Crippen LogP contribution is 2.45. The third kappa shape index (κ3) is 8.97. The fourth-order valence-corrected chi connectivity index (χ4v) is 7.98. The Kier molecular flexibility index (Phi) is 12.7. The largest absolute Gasteiger partial charge is 0.489 e. The Morgan fingerprint density at radius 3 is 2.46 bits per heavy atom. The van der Waals surface area contributed by atoms with Gasteiger partial charge in [-0.2, -0.15) is 5.26 Å². The molecule has 0 aliphatic carbocycles. The predicted molar refractivity (Wildman–Crippen MR) is 213 cm³/mol. The zero-order valence-electron chi connectivity index (χ0n) is 30.2. The monoisotopic (exact) mass is 769 g/mol. The molecular formula is C41H45Cl2N7O4. The number of pyridine rings is 1. The molecule has 3 aromatic carbocycles. The number of rotatable bonds is 14. The number of likely N-dealkylation sites (tertiary alicyclic amines) is 1. The van der Waals surface area contributed by atoms with Crippen LogP contribution in [0.2, 0.25) is 10.0 Å². The van der Waals surface area contributed by atoms with E-state index in [-0.39, 0.29) is 19.7 Å². The van der Waals surface area contributed by atoms with Crippen LogP contribution in [0.15, 0.2) is 67.0 Å². The second-order valence-corrected chi connectivity index (χ2v) is 15.0. The Bertz CT molecular complexity index is 2020. The van der Waals surface area contributed by atoms with Crippen LogP contribution in [0.1, 0.15) is 53.5 Å². The van der Waals surface area contributed by atoms with E-state index in [9.17, 15) is 20.3 Å². The van der Waals surface area contributed by atoms with Crippen LogP contribution in [-0.2, 0) is 24.5 Å². The van der Waals surface area contributed by atoms with Crippen molar-refractivity contribution in [2.45, 2.75) is 51.4 Å². The average Bonchev–Trinajstić information content (AvgIpc) is 3.19. The smallest absolute Gasteiger partial charge is 0.323 e. The quantitative estimate of drug-likeness (QED) is 0.0850. The lowest BCUT2D eigenvalue weighted by Gasteiger charge is -2.47. The molecule has 2 saturated heterocycles. The van der Waals surface area contributed by atoms with E-state index < -0.39 is 18.6 Å². The standard InChI is InChI=1S/C41H45Cl2N7O4/c1-49-12-8-41(9-13-49)10-14-50(15-11-41)37-7-3-5-32(39(37)43)31-4-2-6-35(33(31)20-45)47-23-29-18-38(54-26-28-16-27(19-44)21-46-22-28)30(17-34(29)42)24-48-36(25-51)40(52)53/h2-7,16-18,20-22,36,45,47-48,51H,8-15,23-26H2,1H3,(H,52,53)/t36-/m0/s1. The molecule has 11 nitrogen and oxygen atoms in total. The molecule has 2 aliphatic rings. The number of carboxylic acids is 1. The number of hydrogen-bond acceptors (Lipinski definition) is 10. The van der Waals surface area contributed by atoms with Crippen LogP contribution in [-0.4, -0.2) is 78.2 Å². The Morgan fingerprint density at radius 1 is 1.04 bits per heavy atom. The number of nitriles is 1. The van der Waals surface area contributed by atoms with Crippen LogP contribution in [0.3, 0.4) is 0 Å². The normalized spacial score (nSPS) is 16.1. The molecule has 0 unspecified atom stereocenters. The number of benzene rings is 3. The molecule has 3 heterocycles. The summed E-state index contributed by atoms with van der Waals surface area (Å²) >= 11 is 14.0. The van der Waals surface area contributed by atoms with Gasteiger partial charge in [-0.15, -0.1) is 0 Å². The summed E-state index contributed by atoms with van der Waals surface area (Å²) in [6.07, 6.45) is 9.24. The van der Waals surface area contributed by atoms with E-state index in [4.69, 9.17) is 33.3 Å². The lowest BCUT2D eigenvalue weighted by atomic mass is 9.71. The number of aromatic nitrogens is 1. The molecule has 5 N–H and O–H groups in total. The van der Waals surface area contributed by atoms with Gasteiger partial charge in [-0.1, -0.05) is 47.5 Å². The Hall–Kier alpha value is -4.70. The van der Waals surface area contributed by atoms with Gasteiger partial charge in [0.15, 0.2) is 0 Å². The number of carbonyl (C=O) groups is 1. The number of anilines is 2. The van der Waals surface area contributed by atoms with Crippen LogP contribution < -0.4 is 20.3 Å². The first-order valence-electron chi connectivity index (χ1n) is 18.1. The topological polar surface area (TPSA) is 158 Å². The number of nitrogens with one attached hydrogen (secondary N) is 3. The summed E-state index contributed by atoms with van der Waals surface area (Å²) in [7, 11) is 2.21. The van der Waals surface area contributed by atoms with Crippen molar-refractivity contribution in [2.24, 2.45) is 5.41 Å². The summed E-state index contributed by atoms with van der Waals surface area (Å²) < 4.78 is 6.19. The van der Waals surface area contributed by atoms with Crippen LogP contribution in [0.5, 0.6) is 5.75 Å². The maximum absolute atomic E-state index is 11.5. The van der Waals surface area contributed by atoms with Crippen molar-refractivity contribution in [3.8, 4) is 22.9 Å². The van der Waals surface area contributed by atoms with Gasteiger partial charge in [-0.3, -0.25) is 15.1 Å². The van der Waals surface area contributed by atoms with Crippen molar-refractivity contribution in [1.29, 1.82) is 10.7 Å². The van der Waals surface area contributed by atoms with Crippen molar-refractivity contribution in [3.63, 3.8) is 0 Å². The predicted octanol–water partition coefficient (Wildman–Crippen LogP) is 6.96. The minimum atomic E-state index is -1.18. The van der Waals surface area contributed by atoms with Gasteiger partial charge in [0.2, 0.25) is 0 Å². The van der Waals surface area contributed by atoms with Gasteiger partial charge in [0.25, 0.3) is 0 Å². The first-order valence-corrected chi connectivity index (χ1v) is 18.8. The zero-order valence-corrected chi connectivity index (χ0v) is 31.8. The highest BCUT2D eigenvalue weighted by Gasteiger charge is 2.37. The Balaban J connectivity index is 1.22. The van der Waals surface area contributed by atoms with Gasteiger partial charge in [0, 0.05) is 77.8 Å². The number of piperidine rings is 2. The van der Waals surface area contributed by atoms with Gasteiger partial charge in [0.05, 0.1) is 22.9 Å². The summed E-state index contributed by atoms with van der Waals surface area (Å²) in [6, 6.07) is 18.0. The molecule has 6 rings (SSSR count). The number of aliphatic carboxylic acids is 1. The van der Waals surface area contributed by atoms with Crippen LogP contribution in [0.25, 0.3) is 11.1 Å². The first-order chi connectivity index (χ1) is 26.1. The molecule has 2 aliphatic heterocycles. The van der Waals surface area contributed by atoms with Crippen molar-refractivity contribution in [1.82, 2.24) is 15.2 Å². The maximum Gasteiger partial charge on any atom is 0.323 e. The molecule has 1 spiro atoms. The second-order valence-electron chi connectivity index (χ2n) is 14.2. The van der Waals surface area contributed by atoms with E-state index in [1.165, 1.54) is 25.3 Å². The van der Waals surface area contributed by atoms with Crippen LogP contribution in [0, 0.1) is 22.2 Å². The molecule has 0 radical (unpaired) electrons. The molecular weight excluding hydrogens is 725 g/mol. The average molecular weight is 771 g/mol. The number of ether oxygens (including phenoxy) is 1. The summed E-state index contributed by atoms with van der Waals surface area (Å²) in [6.45, 7) is 4.12. The molecule has 54 heavy (non-hydrogen) atoms. The number of aliphatic hydroxyl groups excluding tert-OH is 1. The second kappa shape index (κ2) is 17.6. The van der Waals surface area contributed by atoms with E-state index in [0.29, 0.717) is 49.0 Å². The van der Waals surface area contributed by atoms with Crippen LogP contribution >= 0.6 is 23.2 Å². The van der Waals surface area contributed by atoms with Gasteiger partial charge >= 0.3 is 5.97 Å². The molecule has 1 atom stereocenters. The number of halogens is 2. The molecule has 13 heteroatoms. The third-order valence-electron chi connectivity index (χ3n) is 10.8. The summed E-state index contributed by atoms with van der Waals surface area (Å²) in [5.74, 6) is -0.742. The van der Waals surface area contributed by atoms with Gasteiger partial charge in [-0.25, -0.2) is 0 Å². The Labute approximate surface area is 326 Å². The molecule has 0 saturated carbocycles. The van der Waals surface area contributed by atoms with Crippen molar-refractivity contribution in [2.75, 3.05) is 50.1 Å². The number of carboxylic acid groups (broad SMARTS) is 1. The van der Waals surface area contributed by atoms with E-state index >= 15 is 0 Å². The minimum absolute atomic E-state index is 0.0620. The van der Waals surface area contributed by atoms with Crippen molar-refractivity contribution in [3.05, 3.63) is 105 Å². The van der Waals surface area contributed by atoms with Crippen molar-refractivity contribution >= 4 is 46.8 Å². The number of nitrogens with zero attached hydrogens (tertiary/aromatic N) is 4. The fourth-order valence-electron chi connectivity index (χ4n) is 7.38.